The molecule has 23 heavy (non-hydrogen) atoms. The molecule has 2 amide bonds. The van der Waals surface area contributed by atoms with Crippen LogP contribution >= 0.6 is 0 Å². The van der Waals surface area contributed by atoms with E-state index in [2.05, 4.69) is 27.5 Å². The number of urea groups is 1. The van der Waals surface area contributed by atoms with Crippen molar-refractivity contribution in [3.63, 3.8) is 0 Å². The summed E-state index contributed by atoms with van der Waals surface area (Å²) in [6.07, 6.45) is 1.66. The topological polar surface area (TPSA) is 63.2 Å². The summed E-state index contributed by atoms with van der Waals surface area (Å²) in [5, 5.41) is 5.41. The lowest BCUT2D eigenvalue weighted by Gasteiger charge is -2.05. The summed E-state index contributed by atoms with van der Waals surface area (Å²) < 4.78 is 5.41. The number of carbonyl (C=O) groups excluding carboxylic acids is 1. The number of amides is 2. The summed E-state index contributed by atoms with van der Waals surface area (Å²) in [6.45, 7) is 4.40. The molecule has 0 radical (unpaired) electrons. The molecular formula is C18H19N3O2. The SMILES string of the molecule is Cc1cccc(NC(=O)NCC#CCOc2ccc(C)nc2)c1. The van der Waals surface area contributed by atoms with Gasteiger partial charge in [0.25, 0.3) is 0 Å². The van der Waals surface area contributed by atoms with Gasteiger partial charge in [-0.25, -0.2) is 4.79 Å². The Morgan fingerprint density at radius 3 is 2.83 bits per heavy atom. The summed E-state index contributed by atoms with van der Waals surface area (Å²) in [5.41, 5.74) is 2.78. The largest absolute Gasteiger partial charge is 0.479 e. The van der Waals surface area contributed by atoms with Crippen LogP contribution in [0.4, 0.5) is 10.5 Å². The van der Waals surface area contributed by atoms with Crippen molar-refractivity contribution in [2.45, 2.75) is 13.8 Å². The molecule has 1 heterocycles. The quantitative estimate of drug-likeness (QED) is 0.854. The van der Waals surface area contributed by atoms with Gasteiger partial charge in [-0.1, -0.05) is 24.0 Å². The van der Waals surface area contributed by atoms with Gasteiger partial charge in [0.15, 0.2) is 0 Å². The monoisotopic (exact) mass is 309 g/mol. The molecule has 0 aliphatic heterocycles. The number of nitrogens with one attached hydrogen (secondary N) is 2. The van der Waals surface area contributed by atoms with Crippen LogP contribution in [-0.2, 0) is 0 Å². The van der Waals surface area contributed by atoms with Crippen molar-refractivity contribution in [2.75, 3.05) is 18.5 Å². The first-order valence-electron chi connectivity index (χ1n) is 7.26. The second-order valence-electron chi connectivity index (χ2n) is 4.95. The highest BCUT2D eigenvalue weighted by Gasteiger charge is 1.99. The average Bonchev–Trinajstić information content (AvgIpc) is 2.52. The van der Waals surface area contributed by atoms with E-state index in [0.29, 0.717) is 5.75 Å². The third-order valence-electron chi connectivity index (χ3n) is 2.93. The molecule has 0 spiro atoms. The summed E-state index contributed by atoms with van der Waals surface area (Å²) in [6, 6.07) is 11.0. The zero-order valence-electron chi connectivity index (χ0n) is 13.2. The average molecular weight is 309 g/mol. The van der Waals surface area contributed by atoms with Gasteiger partial charge in [-0.15, -0.1) is 0 Å². The van der Waals surface area contributed by atoms with Crippen LogP contribution in [-0.4, -0.2) is 24.2 Å². The number of aryl methyl sites for hydroxylation is 2. The number of benzene rings is 1. The minimum Gasteiger partial charge on any atom is -0.479 e. The molecule has 2 aromatic rings. The van der Waals surface area contributed by atoms with Gasteiger partial charge < -0.3 is 15.4 Å². The van der Waals surface area contributed by atoms with Crippen molar-refractivity contribution in [3.05, 3.63) is 53.9 Å². The summed E-state index contributed by atoms with van der Waals surface area (Å²) >= 11 is 0. The predicted octanol–water partition coefficient (Wildman–Crippen LogP) is 2.90. The molecule has 2 N–H and O–H groups in total. The van der Waals surface area contributed by atoms with Crippen molar-refractivity contribution in [3.8, 4) is 17.6 Å². The van der Waals surface area contributed by atoms with Crippen molar-refractivity contribution in [2.24, 2.45) is 0 Å². The third-order valence-corrected chi connectivity index (χ3v) is 2.93. The second kappa shape index (κ2) is 8.44. The minimum atomic E-state index is -0.284. The molecule has 5 heteroatoms. The summed E-state index contributed by atoms with van der Waals surface area (Å²) in [7, 11) is 0. The number of rotatable bonds is 4. The van der Waals surface area contributed by atoms with Crippen LogP contribution in [0.3, 0.4) is 0 Å². The number of pyridine rings is 1. The van der Waals surface area contributed by atoms with E-state index >= 15 is 0 Å². The fraction of sp³-hybridized carbons (Fsp3) is 0.222. The molecule has 0 fully saturated rings. The second-order valence-corrected chi connectivity index (χ2v) is 4.95. The molecule has 0 bridgehead atoms. The van der Waals surface area contributed by atoms with Gasteiger partial charge in [0, 0.05) is 11.4 Å². The van der Waals surface area contributed by atoms with E-state index in [-0.39, 0.29) is 19.2 Å². The first-order chi connectivity index (χ1) is 11.1. The molecule has 2 rings (SSSR count). The Balaban J connectivity index is 1.67. The molecule has 0 saturated heterocycles. The van der Waals surface area contributed by atoms with Gasteiger partial charge in [0.1, 0.15) is 12.4 Å². The molecule has 0 unspecified atom stereocenters. The van der Waals surface area contributed by atoms with Gasteiger partial charge in [-0.05, 0) is 43.7 Å². The fourth-order valence-electron chi connectivity index (χ4n) is 1.80. The van der Waals surface area contributed by atoms with Gasteiger partial charge in [-0.2, -0.15) is 0 Å². The molecule has 0 saturated carbocycles. The molecule has 1 aromatic heterocycles. The Kier molecular flexibility index (Phi) is 6.01. The first-order valence-corrected chi connectivity index (χ1v) is 7.26. The summed E-state index contributed by atoms with van der Waals surface area (Å²) in [4.78, 5) is 15.8. The molecule has 0 atom stereocenters. The van der Waals surface area contributed by atoms with Crippen LogP contribution < -0.4 is 15.4 Å². The first kappa shape index (κ1) is 16.4. The lowest BCUT2D eigenvalue weighted by Crippen LogP contribution is -2.28. The maximum absolute atomic E-state index is 11.7. The van der Waals surface area contributed by atoms with Crippen LogP contribution in [0.5, 0.6) is 5.75 Å². The number of hydrogen-bond donors (Lipinski definition) is 2. The number of aromatic nitrogens is 1. The number of ether oxygens (including phenoxy) is 1. The Labute approximate surface area is 136 Å². The maximum atomic E-state index is 11.7. The van der Waals surface area contributed by atoms with Crippen molar-refractivity contribution >= 4 is 11.7 Å². The third kappa shape index (κ3) is 6.10. The Morgan fingerprint density at radius 1 is 1.22 bits per heavy atom. The van der Waals surface area contributed by atoms with Crippen LogP contribution in [0.15, 0.2) is 42.6 Å². The van der Waals surface area contributed by atoms with Crippen molar-refractivity contribution in [1.29, 1.82) is 0 Å². The van der Waals surface area contributed by atoms with Gasteiger partial charge in [0.2, 0.25) is 0 Å². The van der Waals surface area contributed by atoms with E-state index in [1.807, 2.05) is 50.2 Å². The molecule has 118 valence electrons. The number of nitrogens with zero attached hydrogens (tertiary/aromatic N) is 1. The Hall–Kier alpha value is -3.00. The number of anilines is 1. The lowest BCUT2D eigenvalue weighted by molar-refractivity contribution is 0.253. The summed E-state index contributed by atoms with van der Waals surface area (Å²) in [5.74, 6) is 6.34. The highest BCUT2D eigenvalue weighted by atomic mass is 16.5. The number of hydrogen-bond acceptors (Lipinski definition) is 3. The lowest BCUT2D eigenvalue weighted by atomic mass is 10.2. The Bertz CT molecular complexity index is 715. The minimum absolute atomic E-state index is 0.256. The fourth-order valence-corrected chi connectivity index (χ4v) is 1.80. The van der Waals surface area contributed by atoms with Crippen molar-refractivity contribution in [1.82, 2.24) is 10.3 Å². The predicted molar refractivity (Wildman–Crippen MR) is 90.4 cm³/mol. The normalized spacial score (nSPS) is 9.48. The molecule has 0 aliphatic carbocycles. The standard InChI is InChI=1S/C18H19N3O2/c1-14-6-5-7-16(12-14)21-18(22)19-10-3-4-11-23-17-9-8-15(2)20-13-17/h5-9,12-13H,10-11H2,1-2H3,(H2,19,21,22). The van der Waals surface area contributed by atoms with Gasteiger partial charge >= 0.3 is 6.03 Å². The molecule has 1 aromatic carbocycles. The van der Waals surface area contributed by atoms with Gasteiger partial charge in [-0.3, -0.25) is 4.98 Å². The van der Waals surface area contributed by atoms with E-state index in [4.69, 9.17) is 4.74 Å². The highest BCUT2D eigenvalue weighted by molar-refractivity contribution is 5.89. The zero-order chi connectivity index (χ0) is 16.5. The van der Waals surface area contributed by atoms with E-state index in [9.17, 15) is 4.79 Å². The van der Waals surface area contributed by atoms with Crippen LogP contribution in [0, 0.1) is 25.7 Å². The highest BCUT2D eigenvalue weighted by Crippen LogP contribution is 2.09. The molecule has 5 nitrogen and oxygen atoms in total. The maximum Gasteiger partial charge on any atom is 0.319 e. The molecule has 0 aliphatic rings. The van der Waals surface area contributed by atoms with E-state index in [1.54, 1.807) is 6.20 Å². The zero-order valence-corrected chi connectivity index (χ0v) is 13.2. The molecular weight excluding hydrogens is 290 g/mol. The van der Waals surface area contributed by atoms with E-state index in [0.717, 1.165) is 16.9 Å². The van der Waals surface area contributed by atoms with E-state index in [1.165, 1.54) is 0 Å². The van der Waals surface area contributed by atoms with Crippen LogP contribution in [0.2, 0.25) is 0 Å². The smallest absolute Gasteiger partial charge is 0.319 e. The Morgan fingerprint density at radius 2 is 2.09 bits per heavy atom. The van der Waals surface area contributed by atoms with Crippen LogP contribution in [0.1, 0.15) is 11.3 Å². The van der Waals surface area contributed by atoms with Crippen LogP contribution in [0.25, 0.3) is 0 Å². The number of carbonyl (C=O) groups is 1. The van der Waals surface area contributed by atoms with Crippen molar-refractivity contribution < 1.29 is 9.53 Å². The van der Waals surface area contributed by atoms with E-state index < -0.39 is 0 Å². The van der Waals surface area contributed by atoms with Gasteiger partial charge in [0.05, 0.1) is 12.7 Å².